The van der Waals surface area contributed by atoms with Gasteiger partial charge < -0.3 is 19.7 Å². The van der Waals surface area contributed by atoms with Crippen LogP contribution in [0.25, 0.3) is 5.69 Å². The van der Waals surface area contributed by atoms with Crippen molar-refractivity contribution in [3.8, 4) is 17.2 Å². The molecule has 1 atom stereocenters. The number of benzene rings is 2. The van der Waals surface area contributed by atoms with Crippen molar-refractivity contribution in [2.75, 3.05) is 26.1 Å². The number of amides is 2. The van der Waals surface area contributed by atoms with E-state index in [1.807, 2.05) is 72.0 Å². The fourth-order valence-corrected chi connectivity index (χ4v) is 4.26. The average Bonchev–Trinajstić information content (AvgIpc) is 3.39. The van der Waals surface area contributed by atoms with Crippen LogP contribution in [0.3, 0.4) is 0 Å². The number of para-hydroxylation sites is 2. The first-order valence-electron chi connectivity index (χ1n) is 10.4. The second-order valence-electron chi connectivity index (χ2n) is 7.75. The number of aryl methyl sites for hydroxylation is 2. The Balaban J connectivity index is 1.62. The summed E-state index contributed by atoms with van der Waals surface area (Å²) in [6.07, 6.45) is 1.80. The maximum atomic E-state index is 13.3. The van der Waals surface area contributed by atoms with Gasteiger partial charge in [0.05, 0.1) is 37.3 Å². The minimum absolute atomic E-state index is 0.0779. The van der Waals surface area contributed by atoms with E-state index in [0.717, 1.165) is 52.7 Å². The molecule has 3 aromatic rings. The quantitative estimate of drug-likeness (QED) is 0.639. The van der Waals surface area contributed by atoms with Gasteiger partial charge in [0.1, 0.15) is 11.5 Å². The molecular formula is C24H28N4O3. The number of nitrogens with one attached hydrogen (secondary N) is 1. The number of hydrogen-bond donors (Lipinski definition) is 1. The summed E-state index contributed by atoms with van der Waals surface area (Å²) in [5, 5.41) is 7.68. The highest BCUT2D eigenvalue weighted by atomic mass is 16.5. The summed E-state index contributed by atoms with van der Waals surface area (Å²) >= 11 is 0. The van der Waals surface area contributed by atoms with Crippen molar-refractivity contribution >= 4 is 11.7 Å². The highest BCUT2D eigenvalue weighted by molar-refractivity contribution is 5.92. The van der Waals surface area contributed by atoms with Crippen molar-refractivity contribution in [3.05, 3.63) is 65.5 Å². The smallest absolute Gasteiger partial charge is 0.322 e. The number of nitrogens with zero attached hydrogens (tertiary/aromatic N) is 3. The van der Waals surface area contributed by atoms with Gasteiger partial charge in [-0.05, 0) is 63.1 Å². The van der Waals surface area contributed by atoms with Crippen LogP contribution in [0.5, 0.6) is 11.5 Å². The molecule has 2 aromatic carbocycles. The van der Waals surface area contributed by atoms with Gasteiger partial charge in [-0.15, -0.1) is 0 Å². The van der Waals surface area contributed by atoms with E-state index in [0.29, 0.717) is 6.54 Å². The minimum atomic E-state index is -0.138. The number of carbonyl (C=O) groups excluding carboxylic acids is 1. The van der Waals surface area contributed by atoms with Crippen LogP contribution in [-0.2, 0) is 0 Å². The number of urea groups is 1. The number of hydrogen-bond acceptors (Lipinski definition) is 4. The van der Waals surface area contributed by atoms with E-state index in [1.165, 1.54) is 0 Å². The average molecular weight is 421 g/mol. The first-order chi connectivity index (χ1) is 15.0. The Hall–Kier alpha value is -3.48. The van der Waals surface area contributed by atoms with Gasteiger partial charge in [0.15, 0.2) is 0 Å². The number of ether oxygens (including phenoxy) is 2. The first kappa shape index (κ1) is 20.8. The van der Waals surface area contributed by atoms with Crippen LogP contribution in [0.15, 0.2) is 48.5 Å². The van der Waals surface area contributed by atoms with Gasteiger partial charge in [-0.3, -0.25) is 0 Å². The topological polar surface area (TPSA) is 68.6 Å². The third-order valence-electron chi connectivity index (χ3n) is 5.69. The second-order valence-corrected chi connectivity index (χ2v) is 7.75. The molecule has 1 aliphatic heterocycles. The molecule has 7 heteroatoms. The molecule has 7 nitrogen and oxygen atoms in total. The van der Waals surface area contributed by atoms with Crippen molar-refractivity contribution in [3.63, 3.8) is 0 Å². The Morgan fingerprint density at radius 1 is 1.10 bits per heavy atom. The number of rotatable bonds is 5. The zero-order valence-corrected chi connectivity index (χ0v) is 18.4. The van der Waals surface area contributed by atoms with Gasteiger partial charge in [-0.1, -0.05) is 12.1 Å². The van der Waals surface area contributed by atoms with Crippen LogP contribution >= 0.6 is 0 Å². The molecule has 0 bridgehead atoms. The van der Waals surface area contributed by atoms with Gasteiger partial charge in [-0.2, -0.15) is 5.10 Å². The summed E-state index contributed by atoms with van der Waals surface area (Å²) in [5.41, 5.74) is 4.47. The Labute approximate surface area is 182 Å². The van der Waals surface area contributed by atoms with E-state index < -0.39 is 0 Å². The molecule has 2 heterocycles. The second kappa shape index (κ2) is 8.71. The van der Waals surface area contributed by atoms with E-state index in [9.17, 15) is 4.79 Å². The first-order valence-corrected chi connectivity index (χ1v) is 10.4. The van der Waals surface area contributed by atoms with Crippen molar-refractivity contribution in [2.24, 2.45) is 0 Å². The predicted molar refractivity (Wildman–Crippen MR) is 120 cm³/mol. The standard InChI is InChI=1S/C24H28N4O3/c1-16-14-17(2)28(26-16)22-9-6-5-8-20(22)25-24(29)27-13-7-10-21(27)19-15-18(30-3)11-12-23(19)31-4/h5-6,8-9,11-12,14-15,21H,7,10,13H2,1-4H3,(H,25,29). The molecule has 1 fully saturated rings. The molecule has 1 aromatic heterocycles. The molecule has 0 spiro atoms. The lowest BCUT2D eigenvalue weighted by molar-refractivity contribution is 0.206. The lowest BCUT2D eigenvalue weighted by Gasteiger charge is -2.27. The SMILES string of the molecule is COc1ccc(OC)c(C2CCCN2C(=O)Nc2ccccc2-n2nc(C)cc2C)c1. The van der Waals surface area contributed by atoms with Crippen molar-refractivity contribution in [2.45, 2.75) is 32.7 Å². The molecule has 2 amide bonds. The normalized spacial score (nSPS) is 15.7. The van der Waals surface area contributed by atoms with Crippen LogP contribution in [0.2, 0.25) is 0 Å². The lowest BCUT2D eigenvalue weighted by Crippen LogP contribution is -2.35. The van der Waals surface area contributed by atoms with Crippen molar-refractivity contribution < 1.29 is 14.3 Å². The zero-order chi connectivity index (χ0) is 22.0. The molecule has 162 valence electrons. The van der Waals surface area contributed by atoms with E-state index >= 15 is 0 Å². The Morgan fingerprint density at radius 2 is 1.90 bits per heavy atom. The summed E-state index contributed by atoms with van der Waals surface area (Å²) in [7, 11) is 3.29. The van der Waals surface area contributed by atoms with Crippen molar-refractivity contribution in [1.82, 2.24) is 14.7 Å². The largest absolute Gasteiger partial charge is 0.497 e. The predicted octanol–water partition coefficient (Wildman–Crippen LogP) is 4.88. The third-order valence-corrected chi connectivity index (χ3v) is 5.69. The number of likely N-dealkylation sites (tertiary alicyclic amines) is 1. The zero-order valence-electron chi connectivity index (χ0n) is 18.4. The minimum Gasteiger partial charge on any atom is -0.497 e. The highest BCUT2D eigenvalue weighted by Gasteiger charge is 2.32. The fraction of sp³-hybridized carbons (Fsp3) is 0.333. The van der Waals surface area contributed by atoms with Gasteiger partial charge in [-0.25, -0.2) is 9.48 Å². The fourth-order valence-electron chi connectivity index (χ4n) is 4.26. The lowest BCUT2D eigenvalue weighted by atomic mass is 10.0. The van der Waals surface area contributed by atoms with Crippen LogP contribution < -0.4 is 14.8 Å². The molecule has 0 aliphatic carbocycles. The molecule has 1 aliphatic rings. The summed E-state index contributed by atoms with van der Waals surface area (Å²) < 4.78 is 12.8. The molecule has 1 unspecified atom stereocenters. The molecule has 31 heavy (non-hydrogen) atoms. The summed E-state index contributed by atoms with van der Waals surface area (Å²) in [6.45, 7) is 4.64. The molecule has 0 radical (unpaired) electrons. The van der Waals surface area contributed by atoms with E-state index in [-0.39, 0.29) is 12.1 Å². The molecule has 1 N–H and O–H groups in total. The number of carbonyl (C=O) groups is 1. The Morgan fingerprint density at radius 3 is 2.61 bits per heavy atom. The van der Waals surface area contributed by atoms with E-state index in [4.69, 9.17) is 9.47 Å². The van der Waals surface area contributed by atoms with Crippen molar-refractivity contribution in [1.29, 1.82) is 0 Å². The van der Waals surface area contributed by atoms with Gasteiger partial charge in [0.2, 0.25) is 0 Å². The molecule has 1 saturated heterocycles. The number of methoxy groups -OCH3 is 2. The maximum absolute atomic E-state index is 13.3. The van der Waals surface area contributed by atoms with Crippen LogP contribution in [0.4, 0.5) is 10.5 Å². The van der Waals surface area contributed by atoms with Gasteiger partial charge in [0, 0.05) is 17.8 Å². The van der Waals surface area contributed by atoms with Crippen LogP contribution in [0, 0.1) is 13.8 Å². The summed E-state index contributed by atoms with van der Waals surface area (Å²) in [4.78, 5) is 15.2. The highest BCUT2D eigenvalue weighted by Crippen LogP contribution is 2.39. The Bertz CT molecular complexity index is 1090. The van der Waals surface area contributed by atoms with E-state index in [2.05, 4.69) is 10.4 Å². The summed E-state index contributed by atoms with van der Waals surface area (Å²) in [5.74, 6) is 1.51. The van der Waals surface area contributed by atoms with Crippen LogP contribution in [0.1, 0.15) is 35.8 Å². The van der Waals surface area contributed by atoms with Crippen LogP contribution in [-0.4, -0.2) is 41.5 Å². The maximum Gasteiger partial charge on any atom is 0.322 e. The molecule has 0 saturated carbocycles. The van der Waals surface area contributed by atoms with Gasteiger partial charge in [0.25, 0.3) is 0 Å². The Kier molecular flexibility index (Phi) is 5.84. The van der Waals surface area contributed by atoms with Gasteiger partial charge >= 0.3 is 6.03 Å². The number of aromatic nitrogens is 2. The molecule has 4 rings (SSSR count). The summed E-state index contributed by atoms with van der Waals surface area (Å²) in [6, 6.07) is 15.2. The third kappa shape index (κ3) is 4.08. The van der Waals surface area contributed by atoms with E-state index in [1.54, 1.807) is 14.2 Å². The monoisotopic (exact) mass is 420 g/mol. The number of anilines is 1. The molecular weight excluding hydrogens is 392 g/mol.